The maximum absolute atomic E-state index is 11.5. The number of likely N-dealkylation sites (tertiary alicyclic amines) is 1. The quantitative estimate of drug-likeness (QED) is 0.608. The zero-order valence-corrected chi connectivity index (χ0v) is 18.8. The van der Waals surface area contributed by atoms with Gasteiger partial charge in [-0.2, -0.15) is 0 Å². The highest BCUT2D eigenvalue weighted by Gasteiger charge is 2.22. The molecule has 0 radical (unpaired) electrons. The summed E-state index contributed by atoms with van der Waals surface area (Å²) in [5, 5.41) is 8.73. The Morgan fingerprint density at radius 2 is 1.84 bits per heavy atom. The average molecular weight is 440 g/mol. The van der Waals surface area contributed by atoms with Gasteiger partial charge < -0.3 is 0 Å². The van der Waals surface area contributed by atoms with Gasteiger partial charge in [0.2, 0.25) is 10.0 Å². The van der Waals surface area contributed by atoms with E-state index in [0.29, 0.717) is 11.6 Å². The monoisotopic (exact) mass is 439 g/mol. The molecule has 7 nitrogen and oxygen atoms in total. The van der Waals surface area contributed by atoms with Gasteiger partial charge >= 0.3 is 0 Å². The molecule has 1 N–H and O–H groups in total. The fourth-order valence-corrected chi connectivity index (χ4v) is 4.74. The van der Waals surface area contributed by atoms with Crippen LogP contribution in [0, 0.1) is 0 Å². The zero-order chi connectivity index (χ0) is 21.8. The Kier molecular flexibility index (Phi) is 6.38. The molecule has 2 heterocycles. The summed E-state index contributed by atoms with van der Waals surface area (Å²) >= 11 is 0. The van der Waals surface area contributed by atoms with E-state index >= 15 is 0 Å². The van der Waals surface area contributed by atoms with Gasteiger partial charge in [0.25, 0.3) is 0 Å². The first-order valence-corrected chi connectivity index (χ1v) is 12.5. The van der Waals surface area contributed by atoms with Gasteiger partial charge in [0, 0.05) is 12.2 Å². The lowest BCUT2D eigenvalue weighted by Gasteiger charge is -2.31. The Balaban J connectivity index is 1.33. The molecule has 1 aromatic heterocycles. The summed E-state index contributed by atoms with van der Waals surface area (Å²) in [7, 11) is -3.26. The van der Waals surface area contributed by atoms with E-state index < -0.39 is 10.0 Å². The highest BCUT2D eigenvalue weighted by molar-refractivity contribution is 7.92. The Morgan fingerprint density at radius 1 is 1.10 bits per heavy atom. The number of piperidine rings is 1. The molecule has 1 saturated heterocycles. The van der Waals surface area contributed by atoms with Gasteiger partial charge in [0.15, 0.2) is 0 Å². The Bertz CT molecular complexity index is 1110. The summed E-state index contributed by atoms with van der Waals surface area (Å²) in [5.41, 5.74) is 4.02. The van der Waals surface area contributed by atoms with Gasteiger partial charge in [-0.3, -0.25) is 9.62 Å². The summed E-state index contributed by atoms with van der Waals surface area (Å²) in [5.74, 6) is 0.436. The molecule has 0 aliphatic carbocycles. The molecule has 1 aliphatic heterocycles. The lowest BCUT2D eigenvalue weighted by Crippen LogP contribution is -2.32. The van der Waals surface area contributed by atoms with Crippen LogP contribution in [0.2, 0.25) is 0 Å². The third-order valence-electron chi connectivity index (χ3n) is 5.87. The van der Waals surface area contributed by atoms with Gasteiger partial charge in [-0.25, -0.2) is 13.1 Å². The van der Waals surface area contributed by atoms with Gasteiger partial charge in [0.05, 0.1) is 24.2 Å². The van der Waals surface area contributed by atoms with Crippen molar-refractivity contribution in [3.63, 3.8) is 0 Å². The van der Waals surface area contributed by atoms with Crippen molar-refractivity contribution in [2.75, 3.05) is 24.1 Å². The second kappa shape index (κ2) is 9.20. The molecule has 1 aliphatic rings. The van der Waals surface area contributed by atoms with Crippen molar-refractivity contribution in [1.82, 2.24) is 19.9 Å². The number of benzene rings is 2. The maximum atomic E-state index is 11.5. The van der Waals surface area contributed by atoms with Crippen molar-refractivity contribution in [3.05, 3.63) is 77.6 Å². The van der Waals surface area contributed by atoms with E-state index in [1.807, 2.05) is 41.2 Å². The molecule has 4 rings (SSSR count). The number of nitrogens with one attached hydrogen (secondary N) is 1. The first kappa shape index (κ1) is 21.5. The van der Waals surface area contributed by atoms with Crippen molar-refractivity contribution in [2.24, 2.45) is 0 Å². The van der Waals surface area contributed by atoms with Gasteiger partial charge in [-0.05, 0) is 62.0 Å². The van der Waals surface area contributed by atoms with E-state index in [9.17, 15) is 8.42 Å². The van der Waals surface area contributed by atoms with Crippen LogP contribution < -0.4 is 4.72 Å². The van der Waals surface area contributed by atoms with Crippen molar-refractivity contribution in [3.8, 4) is 0 Å². The molecule has 1 unspecified atom stereocenters. The third kappa shape index (κ3) is 5.71. The minimum atomic E-state index is -3.26. The molecule has 1 atom stereocenters. The van der Waals surface area contributed by atoms with Gasteiger partial charge in [-0.1, -0.05) is 47.7 Å². The Morgan fingerprint density at radius 3 is 2.55 bits per heavy atom. The number of anilines is 1. The summed E-state index contributed by atoms with van der Waals surface area (Å²) in [4.78, 5) is 2.41. The molecule has 0 spiro atoms. The smallest absolute Gasteiger partial charge is 0.229 e. The van der Waals surface area contributed by atoms with Crippen molar-refractivity contribution in [1.29, 1.82) is 0 Å². The maximum Gasteiger partial charge on any atom is 0.229 e. The highest BCUT2D eigenvalue weighted by Crippen LogP contribution is 2.30. The van der Waals surface area contributed by atoms with Gasteiger partial charge in [0.1, 0.15) is 0 Å². The first-order valence-electron chi connectivity index (χ1n) is 10.6. The van der Waals surface area contributed by atoms with Crippen molar-refractivity contribution >= 4 is 15.7 Å². The number of nitrogens with zero attached hydrogens (tertiary/aromatic N) is 4. The second-order valence-electron chi connectivity index (χ2n) is 8.33. The third-order valence-corrected chi connectivity index (χ3v) is 6.48. The molecule has 0 amide bonds. The number of aromatic nitrogens is 3. The number of sulfonamides is 1. The highest BCUT2D eigenvalue weighted by atomic mass is 32.2. The normalized spacial score (nSPS) is 16.8. The Hall–Kier alpha value is -2.71. The SMILES string of the molecule is CC(c1ccccc1)n1cc(CN2CCC(c3cccc(NS(C)(=O)=O)c3)CC2)nn1. The zero-order valence-electron chi connectivity index (χ0n) is 18.0. The number of hydrogen-bond donors (Lipinski definition) is 1. The van der Waals surface area contributed by atoms with Crippen LogP contribution in [0.3, 0.4) is 0 Å². The summed E-state index contributed by atoms with van der Waals surface area (Å²) < 4.78 is 27.5. The van der Waals surface area contributed by atoms with Crippen LogP contribution in [0.15, 0.2) is 60.8 Å². The molecule has 31 heavy (non-hydrogen) atoms. The summed E-state index contributed by atoms with van der Waals surface area (Å²) in [6.07, 6.45) is 5.30. The molecule has 3 aromatic rings. The molecular formula is C23H29N5O2S. The van der Waals surface area contributed by atoms with Crippen LogP contribution in [-0.2, 0) is 16.6 Å². The lowest BCUT2D eigenvalue weighted by atomic mass is 9.89. The van der Waals surface area contributed by atoms with E-state index in [2.05, 4.69) is 45.1 Å². The minimum absolute atomic E-state index is 0.154. The number of hydrogen-bond acceptors (Lipinski definition) is 5. The van der Waals surface area contributed by atoms with Crippen LogP contribution >= 0.6 is 0 Å². The predicted octanol–water partition coefficient (Wildman–Crippen LogP) is 3.64. The van der Waals surface area contributed by atoms with E-state index in [-0.39, 0.29) is 6.04 Å². The fraction of sp³-hybridized carbons (Fsp3) is 0.391. The van der Waals surface area contributed by atoms with E-state index in [1.54, 1.807) is 6.07 Å². The standard InChI is InChI=1S/C23H29N5O2S/c1-18(19-7-4-3-5-8-19)28-17-23(24-26-28)16-27-13-11-20(12-14-27)21-9-6-10-22(15-21)25-31(2,29)30/h3-10,15,17-18,20,25H,11-14,16H2,1-2H3. The Labute approximate surface area is 184 Å². The molecule has 164 valence electrons. The molecular weight excluding hydrogens is 410 g/mol. The molecule has 2 aromatic carbocycles. The van der Waals surface area contributed by atoms with E-state index in [0.717, 1.165) is 38.2 Å². The van der Waals surface area contributed by atoms with Gasteiger partial charge in [-0.15, -0.1) is 5.10 Å². The van der Waals surface area contributed by atoms with Crippen LogP contribution in [-0.4, -0.2) is 47.7 Å². The van der Waals surface area contributed by atoms with Crippen LogP contribution in [0.1, 0.15) is 48.5 Å². The number of rotatable bonds is 7. The molecule has 1 fully saturated rings. The molecule has 0 saturated carbocycles. The van der Waals surface area contributed by atoms with Crippen LogP contribution in [0.5, 0.6) is 0 Å². The first-order chi connectivity index (χ1) is 14.9. The second-order valence-corrected chi connectivity index (χ2v) is 10.1. The predicted molar refractivity (Wildman–Crippen MR) is 122 cm³/mol. The fourth-order valence-electron chi connectivity index (χ4n) is 4.18. The topological polar surface area (TPSA) is 80.1 Å². The largest absolute Gasteiger partial charge is 0.297 e. The summed E-state index contributed by atoms with van der Waals surface area (Å²) in [6.45, 7) is 4.89. The van der Waals surface area contributed by atoms with Crippen LogP contribution in [0.25, 0.3) is 0 Å². The van der Waals surface area contributed by atoms with E-state index in [1.165, 1.54) is 17.4 Å². The lowest BCUT2D eigenvalue weighted by molar-refractivity contribution is 0.202. The average Bonchev–Trinajstić information content (AvgIpc) is 3.22. The van der Waals surface area contributed by atoms with Crippen LogP contribution in [0.4, 0.5) is 5.69 Å². The van der Waals surface area contributed by atoms with E-state index in [4.69, 9.17) is 0 Å². The van der Waals surface area contributed by atoms with Crippen molar-refractivity contribution in [2.45, 2.75) is 38.3 Å². The minimum Gasteiger partial charge on any atom is -0.297 e. The molecule has 8 heteroatoms. The molecule has 0 bridgehead atoms. The summed E-state index contributed by atoms with van der Waals surface area (Å²) in [6, 6.07) is 18.2. The van der Waals surface area contributed by atoms with Crippen molar-refractivity contribution < 1.29 is 8.42 Å².